The Morgan fingerprint density at radius 3 is 2.19 bits per heavy atom. The van der Waals surface area contributed by atoms with Crippen LogP contribution in [0.4, 0.5) is 4.79 Å². The molecule has 0 bridgehead atoms. The zero-order chi connectivity index (χ0) is 19.7. The number of amides is 5. The highest BCUT2D eigenvalue weighted by Gasteiger charge is 2.44. The fraction of sp³-hybridized carbons (Fsp3) is 0.389. The van der Waals surface area contributed by atoms with E-state index in [0.29, 0.717) is 6.54 Å². The maximum atomic E-state index is 12.6. The van der Waals surface area contributed by atoms with Gasteiger partial charge >= 0.3 is 12.0 Å². The van der Waals surface area contributed by atoms with E-state index >= 15 is 0 Å². The van der Waals surface area contributed by atoms with Crippen molar-refractivity contribution < 1.29 is 28.7 Å². The quantitative estimate of drug-likeness (QED) is 0.591. The lowest BCUT2D eigenvalue weighted by molar-refractivity contribution is -0.155. The summed E-state index contributed by atoms with van der Waals surface area (Å²) >= 11 is 0. The van der Waals surface area contributed by atoms with Crippen LogP contribution in [0.5, 0.6) is 0 Å². The summed E-state index contributed by atoms with van der Waals surface area (Å²) in [5, 5.41) is 2.47. The van der Waals surface area contributed by atoms with Crippen molar-refractivity contribution in [2.75, 3.05) is 19.7 Å². The van der Waals surface area contributed by atoms with Crippen LogP contribution in [0.25, 0.3) is 0 Å². The Hall–Kier alpha value is -3.23. The molecule has 2 aliphatic rings. The van der Waals surface area contributed by atoms with Crippen LogP contribution in [0, 0.1) is 5.92 Å². The van der Waals surface area contributed by atoms with E-state index in [-0.39, 0.29) is 17.7 Å². The third kappa shape index (κ3) is 3.27. The Bertz CT molecular complexity index is 799. The first-order valence-electron chi connectivity index (χ1n) is 8.54. The van der Waals surface area contributed by atoms with Crippen LogP contribution >= 0.6 is 0 Å². The number of rotatable bonds is 5. The third-order valence-corrected chi connectivity index (χ3v) is 4.47. The van der Waals surface area contributed by atoms with Gasteiger partial charge in [-0.15, -0.1) is 0 Å². The number of urea groups is 1. The van der Waals surface area contributed by atoms with Crippen LogP contribution in [-0.2, 0) is 14.3 Å². The molecule has 27 heavy (non-hydrogen) atoms. The molecule has 1 fully saturated rings. The molecule has 0 saturated carbocycles. The fourth-order valence-electron chi connectivity index (χ4n) is 3.14. The zero-order valence-electron chi connectivity index (χ0n) is 14.9. The van der Waals surface area contributed by atoms with Gasteiger partial charge in [-0.2, -0.15) is 0 Å². The van der Waals surface area contributed by atoms with E-state index in [4.69, 9.17) is 4.74 Å². The van der Waals surface area contributed by atoms with Gasteiger partial charge in [-0.3, -0.25) is 24.2 Å². The number of nitrogens with zero attached hydrogens (tertiary/aromatic N) is 2. The van der Waals surface area contributed by atoms with Crippen molar-refractivity contribution in [1.29, 1.82) is 0 Å². The van der Waals surface area contributed by atoms with E-state index < -0.39 is 48.3 Å². The van der Waals surface area contributed by atoms with Gasteiger partial charge in [0.2, 0.25) is 0 Å². The van der Waals surface area contributed by atoms with Crippen molar-refractivity contribution in [3.63, 3.8) is 0 Å². The highest BCUT2D eigenvalue weighted by Crippen LogP contribution is 2.27. The lowest BCUT2D eigenvalue weighted by atomic mass is 10.0. The molecule has 2 heterocycles. The molecule has 1 saturated heterocycles. The summed E-state index contributed by atoms with van der Waals surface area (Å²) in [6.45, 7) is 3.23. The van der Waals surface area contributed by atoms with Crippen molar-refractivity contribution in [1.82, 2.24) is 15.1 Å². The molecule has 0 aromatic heterocycles. The first-order valence-corrected chi connectivity index (χ1v) is 8.54. The smallest absolute Gasteiger partial charge is 0.330 e. The van der Waals surface area contributed by atoms with E-state index in [0.717, 1.165) is 9.80 Å². The van der Waals surface area contributed by atoms with E-state index in [1.165, 1.54) is 12.1 Å². The molecule has 1 aromatic rings. The summed E-state index contributed by atoms with van der Waals surface area (Å²) in [5.74, 6) is -3.10. The van der Waals surface area contributed by atoms with Crippen molar-refractivity contribution in [3.05, 3.63) is 35.4 Å². The summed E-state index contributed by atoms with van der Waals surface area (Å²) in [5.41, 5.74) is 0.455. The number of hydrogen-bond donors (Lipinski definition) is 1. The third-order valence-electron chi connectivity index (χ3n) is 4.47. The molecule has 2 aliphatic heterocycles. The average molecular weight is 373 g/mol. The lowest BCUT2D eigenvalue weighted by Gasteiger charge is -2.27. The van der Waals surface area contributed by atoms with Crippen molar-refractivity contribution in [2.45, 2.75) is 19.9 Å². The fourth-order valence-corrected chi connectivity index (χ4v) is 3.14. The molecule has 5 amide bonds. The van der Waals surface area contributed by atoms with Crippen LogP contribution in [0.15, 0.2) is 24.3 Å². The normalized spacial score (nSPS) is 17.2. The number of benzene rings is 1. The number of fused-ring (bicyclic) bond motifs is 1. The Kier molecular flexibility index (Phi) is 4.93. The van der Waals surface area contributed by atoms with E-state index in [2.05, 4.69) is 5.32 Å². The maximum absolute atomic E-state index is 12.6. The summed E-state index contributed by atoms with van der Waals surface area (Å²) in [6.07, 6.45) is 0. The highest BCUT2D eigenvalue weighted by molar-refractivity contribution is 6.22. The first-order chi connectivity index (χ1) is 12.8. The standard InChI is InChI=1S/C18H19N3O6/c1-10(2)14(17(25)27-9-13(22)20-8-7-19-18(20)26)21-15(23)11-5-3-4-6-12(11)16(21)24/h3-6,10,14H,7-9H2,1-2H3,(H,19,26)/t14-/m1/s1. The molecule has 0 unspecified atom stereocenters. The lowest BCUT2D eigenvalue weighted by Crippen LogP contribution is -2.49. The Morgan fingerprint density at radius 1 is 1.11 bits per heavy atom. The number of ether oxygens (including phenoxy) is 1. The van der Waals surface area contributed by atoms with Crippen LogP contribution in [0.3, 0.4) is 0 Å². The van der Waals surface area contributed by atoms with Crippen molar-refractivity contribution in [2.24, 2.45) is 5.92 Å². The number of nitrogens with one attached hydrogen (secondary N) is 1. The minimum absolute atomic E-state index is 0.196. The number of esters is 1. The van der Waals surface area contributed by atoms with Crippen LogP contribution in [0.1, 0.15) is 34.6 Å². The molecular weight excluding hydrogens is 354 g/mol. The molecule has 3 rings (SSSR count). The number of hydrogen-bond acceptors (Lipinski definition) is 6. The van der Waals surface area contributed by atoms with Crippen LogP contribution in [-0.4, -0.2) is 65.3 Å². The van der Waals surface area contributed by atoms with Crippen molar-refractivity contribution >= 4 is 29.7 Å². The molecular formula is C18H19N3O6. The van der Waals surface area contributed by atoms with Gasteiger partial charge in [0.1, 0.15) is 6.04 Å². The van der Waals surface area contributed by atoms with Gasteiger partial charge in [0.15, 0.2) is 6.61 Å². The Balaban J connectivity index is 1.73. The second-order valence-electron chi connectivity index (χ2n) is 6.60. The number of carbonyl (C=O) groups is 5. The highest BCUT2D eigenvalue weighted by atomic mass is 16.5. The van der Waals surface area contributed by atoms with Crippen LogP contribution < -0.4 is 5.32 Å². The largest absolute Gasteiger partial charge is 0.454 e. The van der Waals surface area contributed by atoms with E-state index in [1.54, 1.807) is 26.0 Å². The zero-order valence-corrected chi connectivity index (χ0v) is 14.9. The summed E-state index contributed by atoms with van der Waals surface area (Å²) < 4.78 is 5.04. The Morgan fingerprint density at radius 2 is 1.70 bits per heavy atom. The first kappa shape index (κ1) is 18.6. The molecule has 142 valence electrons. The van der Waals surface area contributed by atoms with Gasteiger partial charge in [-0.1, -0.05) is 26.0 Å². The van der Waals surface area contributed by atoms with E-state index in [1.807, 2.05) is 0 Å². The maximum Gasteiger partial charge on any atom is 0.330 e. The van der Waals surface area contributed by atoms with Gasteiger partial charge in [0.25, 0.3) is 17.7 Å². The number of imide groups is 2. The monoisotopic (exact) mass is 373 g/mol. The molecule has 9 nitrogen and oxygen atoms in total. The molecule has 9 heteroatoms. The summed E-state index contributed by atoms with van der Waals surface area (Å²) in [6, 6.07) is 4.60. The second-order valence-corrected chi connectivity index (χ2v) is 6.60. The second kappa shape index (κ2) is 7.18. The molecule has 0 spiro atoms. The molecule has 0 radical (unpaired) electrons. The van der Waals surface area contributed by atoms with Gasteiger partial charge in [0.05, 0.1) is 11.1 Å². The predicted molar refractivity (Wildman–Crippen MR) is 91.6 cm³/mol. The molecule has 1 N–H and O–H groups in total. The van der Waals surface area contributed by atoms with Gasteiger partial charge < -0.3 is 10.1 Å². The average Bonchev–Trinajstić information content (AvgIpc) is 3.17. The summed E-state index contributed by atoms with van der Waals surface area (Å²) in [4.78, 5) is 63.1. The molecule has 0 aliphatic carbocycles. The molecule has 1 aromatic carbocycles. The minimum Gasteiger partial charge on any atom is -0.454 e. The SMILES string of the molecule is CC(C)[C@H](C(=O)OCC(=O)N1CCNC1=O)N1C(=O)c2ccccc2C1=O. The van der Waals surface area contributed by atoms with Gasteiger partial charge in [-0.05, 0) is 18.1 Å². The van der Waals surface area contributed by atoms with E-state index in [9.17, 15) is 24.0 Å². The minimum atomic E-state index is -1.17. The van der Waals surface area contributed by atoms with Gasteiger partial charge in [0, 0.05) is 13.1 Å². The molecule has 1 atom stereocenters. The van der Waals surface area contributed by atoms with Crippen LogP contribution in [0.2, 0.25) is 0 Å². The summed E-state index contributed by atoms with van der Waals surface area (Å²) in [7, 11) is 0. The topological polar surface area (TPSA) is 113 Å². The number of carbonyl (C=O) groups excluding carboxylic acids is 5. The Labute approximate surface area is 155 Å². The van der Waals surface area contributed by atoms with Crippen molar-refractivity contribution in [3.8, 4) is 0 Å². The predicted octanol–water partition coefficient (Wildman–Crippen LogP) is 0.402. The van der Waals surface area contributed by atoms with Gasteiger partial charge in [-0.25, -0.2) is 9.59 Å².